The number of Topliss-reactive ketones (excluding diaryl/α,β-unsaturated/α-hetero) is 1. The van der Waals surface area contributed by atoms with Crippen molar-refractivity contribution in [3.05, 3.63) is 41.0 Å². The molecule has 36 heavy (non-hydrogen) atoms. The summed E-state index contributed by atoms with van der Waals surface area (Å²) in [5.41, 5.74) is -5.01. The molecule has 5 nitrogen and oxygen atoms in total. The summed E-state index contributed by atoms with van der Waals surface area (Å²) in [5, 5.41) is 23.1. The molecule has 1 aromatic carbocycles. The van der Waals surface area contributed by atoms with Crippen LogP contribution in [0.5, 0.6) is 5.75 Å². The molecule has 8 heteroatoms. The lowest BCUT2D eigenvalue weighted by molar-refractivity contribution is -0.226. The number of rotatable bonds is 4. The number of fused-ring (bicyclic) bond motifs is 5. The van der Waals surface area contributed by atoms with Crippen LogP contribution < -0.4 is 4.74 Å². The number of aliphatic hydroxyl groups is 2. The van der Waals surface area contributed by atoms with E-state index in [1.807, 2.05) is 0 Å². The number of aryl methyl sites for hydroxylation is 1. The van der Waals surface area contributed by atoms with Crippen molar-refractivity contribution in [2.75, 3.05) is 6.61 Å². The van der Waals surface area contributed by atoms with Crippen molar-refractivity contribution >= 4 is 11.6 Å². The van der Waals surface area contributed by atoms with E-state index in [1.54, 1.807) is 19.9 Å². The summed E-state index contributed by atoms with van der Waals surface area (Å²) >= 11 is 0. The Morgan fingerprint density at radius 1 is 1.14 bits per heavy atom. The van der Waals surface area contributed by atoms with Gasteiger partial charge in [0.15, 0.2) is 17.3 Å². The number of halogens is 3. The smallest absolute Gasteiger partial charge is 0.202 e. The van der Waals surface area contributed by atoms with E-state index >= 15 is 4.39 Å². The summed E-state index contributed by atoms with van der Waals surface area (Å²) < 4.78 is 50.2. The van der Waals surface area contributed by atoms with Gasteiger partial charge in [-0.25, -0.2) is 13.2 Å². The van der Waals surface area contributed by atoms with Crippen LogP contribution in [0.3, 0.4) is 0 Å². The van der Waals surface area contributed by atoms with Crippen LogP contribution in [-0.4, -0.2) is 45.8 Å². The van der Waals surface area contributed by atoms with Crippen LogP contribution >= 0.6 is 0 Å². The first-order valence-electron chi connectivity index (χ1n) is 12.7. The Labute approximate surface area is 208 Å². The number of carbonyl (C=O) groups is 2. The second-order valence-electron chi connectivity index (χ2n) is 11.8. The molecule has 0 radical (unpaired) electrons. The van der Waals surface area contributed by atoms with Crippen LogP contribution in [0.15, 0.2) is 23.8 Å². The third-order valence-corrected chi connectivity index (χ3v) is 10.2. The monoisotopic (exact) mass is 506 g/mol. The zero-order chi connectivity index (χ0) is 26.3. The number of ether oxygens (including phenoxy) is 1. The van der Waals surface area contributed by atoms with Crippen molar-refractivity contribution < 1.29 is 37.7 Å². The molecule has 196 valence electrons. The molecule has 4 aliphatic carbocycles. The first-order chi connectivity index (χ1) is 16.8. The van der Waals surface area contributed by atoms with E-state index in [2.05, 4.69) is 0 Å². The van der Waals surface area contributed by atoms with Crippen molar-refractivity contribution in [1.29, 1.82) is 0 Å². The third-order valence-electron chi connectivity index (χ3n) is 10.2. The van der Waals surface area contributed by atoms with E-state index in [0.29, 0.717) is 31.7 Å². The molecule has 0 saturated heterocycles. The van der Waals surface area contributed by atoms with Crippen molar-refractivity contribution in [2.24, 2.45) is 22.7 Å². The zero-order valence-electron chi connectivity index (χ0n) is 20.9. The van der Waals surface area contributed by atoms with Crippen LogP contribution in [0.1, 0.15) is 64.4 Å². The molecule has 4 aliphatic rings. The molecule has 0 aliphatic heterocycles. The SMILES string of the molecule is Cc1cc(F)cc(F)c1OCC(=O)[C@@]1(O)CCC2C3CCC4=CC(=O)CCC4(C)[C@@]3(F)[C@@H](O)CC21C. The fourth-order valence-corrected chi connectivity index (χ4v) is 8.16. The molecule has 0 bridgehead atoms. The van der Waals surface area contributed by atoms with Crippen LogP contribution in [-0.2, 0) is 9.59 Å². The van der Waals surface area contributed by atoms with Gasteiger partial charge in [-0.1, -0.05) is 19.4 Å². The molecular formula is C28H33F3O5. The summed E-state index contributed by atoms with van der Waals surface area (Å²) in [6, 6.07) is 1.76. The van der Waals surface area contributed by atoms with Crippen LogP contribution in [0.4, 0.5) is 13.2 Å². The van der Waals surface area contributed by atoms with Gasteiger partial charge >= 0.3 is 0 Å². The van der Waals surface area contributed by atoms with Gasteiger partial charge in [0.25, 0.3) is 0 Å². The number of carbonyl (C=O) groups excluding carboxylic acids is 2. The van der Waals surface area contributed by atoms with E-state index < -0.39 is 58.1 Å². The molecule has 7 atom stereocenters. The molecule has 0 heterocycles. The largest absolute Gasteiger partial charge is 0.482 e. The van der Waals surface area contributed by atoms with Gasteiger partial charge in [0.1, 0.15) is 23.7 Å². The number of allylic oxidation sites excluding steroid dienone is 1. The van der Waals surface area contributed by atoms with Crippen molar-refractivity contribution in [3.8, 4) is 5.75 Å². The maximum absolute atomic E-state index is 17.1. The molecule has 5 rings (SSSR count). The number of aliphatic hydroxyl groups excluding tert-OH is 1. The first kappa shape index (κ1) is 25.5. The highest BCUT2D eigenvalue weighted by Gasteiger charge is 2.74. The Morgan fingerprint density at radius 2 is 1.86 bits per heavy atom. The minimum Gasteiger partial charge on any atom is -0.482 e. The molecule has 0 amide bonds. The van der Waals surface area contributed by atoms with E-state index in [0.717, 1.165) is 11.6 Å². The molecule has 4 unspecified atom stereocenters. The molecule has 0 aromatic heterocycles. The maximum Gasteiger partial charge on any atom is 0.202 e. The zero-order valence-corrected chi connectivity index (χ0v) is 20.9. The van der Waals surface area contributed by atoms with Gasteiger partial charge in [0.05, 0.1) is 6.10 Å². The predicted molar refractivity (Wildman–Crippen MR) is 125 cm³/mol. The van der Waals surface area contributed by atoms with Crippen LogP contribution in [0, 0.1) is 41.2 Å². The van der Waals surface area contributed by atoms with Gasteiger partial charge in [-0.15, -0.1) is 0 Å². The summed E-state index contributed by atoms with van der Waals surface area (Å²) in [5.74, 6) is -3.59. The fourth-order valence-electron chi connectivity index (χ4n) is 8.16. The van der Waals surface area contributed by atoms with Gasteiger partial charge in [0, 0.05) is 29.2 Å². The van der Waals surface area contributed by atoms with Crippen LogP contribution in [0.25, 0.3) is 0 Å². The van der Waals surface area contributed by atoms with Gasteiger partial charge in [-0.05, 0) is 69.1 Å². The second kappa shape index (κ2) is 8.15. The van der Waals surface area contributed by atoms with Gasteiger partial charge in [-0.3, -0.25) is 9.59 Å². The lowest BCUT2D eigenvalue weighted by atomic mass is 9.44. The van der Waals surface area contributed by atoms with Crippen LogP contribution in [0.2, 0.25) is 0 Å². The van der Waals surface area contributed by atoms with Gasteiger partial charge in [-0.2, -0.15) is 0 Å². The molecule has 3 saturated carbocycles. The highest BCUT2D eigenvalue weighted by Crippen LogP contribution is 2.70. The minimum absolute atomic E-state index is 0.0201. The third kappa shape index (κ3) is 3.22. The molecule has 3 fully saturated rings. The van der Waals surface area contributed by atoms with E-state index in [4.69, 9.17) is 4.74 Å². The molecule has 1 aromatic rings. The second-order valence-corrected chi connectivity index (χ2v) is 11.8. The Kier molecular flexibility index (Phi) is 5.77. The Hall–Kier alpha value is -2.19. The first-order valence-corrected chi connectivity index (χ1v) is 12.7. The summed E-state index contributed by atoms with van der Waals surface area (Å²) in [6.07, 6.45) is 1.99. The van der Waals surface area contributed by atoms with Gasteiger partial charge < -0.3 is 14.9 Å². The highest BCUT2D eigenvalue weighted by molar-refractivity contribution is 5.92. The minimum atomic E-state index is -1.97. The normalized spacial score (nSPS) is 41.7. The highest BCUT2D eigenvalue weighted by atomic mass is 19.1. The number of ketones is 2. The quantitative estimate of drug-likeness (QED) is 0.626. The maximum atomic E-state index is 17.1. The Bertz CT molecular complexity index is 1140. The van der Waals surface area contributed by atoms with E-state index in [9.17, 15) is 28.6 Å². The van der Waals surface area contributed by atoms with Crippen molar-refractivity contribution in [2.45, 2.75) is 83.1 Å². The number of hydrogen-bond donors (Lipinski definition) is 2. The molecule has 0 spiro atoms. The van der Waals surface area contributed by atoms with Crippen molar-refractivity contribution in [1.82, 2.24) is 0 Å². The number of alkyl halides is 1. The molecular weight excluding hydrogens is 473 g/mol. The number of hydrogen-bond acceptors (Lipinski definition) is 5. The standard InChI is InChI=1S/C28H33F3O5/c1-15-10-17(29)12-21(30)24(15)36-14-23(34)27(35)9-7-19-20-5-4-16-11-18(32)6-8-25(16,2)28(20,31)22(33)13-26(19,27)3/h10-12,19-20,22,33,35H,4-9,13-14H2,1-3H3/t19?,20?,22-,25?,26?,27-,28-/m0/s1. The average molecular weight is 507 g/mol. The predicted octanol–water partition coefficient (Wildman–Crippen LogP) is 4.55. The molecule has 2 N–H and O–H groups in total. The lowest BCUT2D eigenvalue weighted by Crippen LogP contribution is -2.69. The Morgan fingerprint density at radius 3 is 2.56 bits per heavy atom. The Balaban J connectivity index is 1.43. The fraction of sp³-hybridized carbons (Fsp3) is 0.643. The topological polar surface area (TPSA) is 83.8 Å². The van der Waals surface area contributed by atoms with E-state index in [1.165, 1.54) is 6.92 Å². The van der Waals surface area contributed by atoms with E-state index in [-0.39, 0.29) is 42.3 Å². The summed E-state index contributed by atoms with van der Waals surface area (Å²) in [4.78, 5) is 25.4. The van der Waals surface area contributed by atoms with Crippen molar-refractivity contribution in [3.63, 3.8) is 0 Å². The number of benzene rings is 1. The summed E-state index contributed by atoms with van der Waals surface area (Å²) in [7, 11) is 0. The van der Waals surface area contributed by atoms with Gasteiger partial charge in [0.2, 0.25) is 5.78 Å². The average Bonchev–Trinajstić information content (AvgIpc) is 3.06. The lowest BCUT2D eigenvalue weighted by Gasteiger charge is -2.63. The summed E-state index contributed by atoms with van der Waals surface area (Å²) in [6.45, 7) is 4.35.